The van der Waals surface area contributed by atoms with Gasteiger partial charge in [0.05, 0.1) is 10.9 Å². The van der Waals surface area contributed by atoms with E-state index in [-0.39, 0.29) is 5.91 Å². The minimum Gasteiger partial charge on any atom is -0.336 e. The van der Waals surface area contributed by atoms with E-state index in [0.717, 1.165) is 43.1 Å². The molecule has 2 aromatic heterocycles. The number of piperidine rings is 1. The number of hydrogen-bond donors (Lipinski definition) is 0. The highest BCUT2D eigenvalue weighted by Gasteiger charge is 2.32. The highest BCUT2D eigenvalue weighted by atomic mass is 32.1. The molecule has 0 aromatic carbocycles. The molecule has 0 N–H and O–H groups in total. The van der Waals surface area contributed by atoms with Gasteiger partial charge < -0.3 is 9.47 Å². The van der Waals surface area contributed by atoms with Crippen molar-refractivity contribution in [3.8, 4) is 0 Å². The van der Waals surface area contributed by atoms with Crippen molar-refractivity contribution in [2.45, 2.75) is 51.0 Å². The molecular weight excluding hydrogens is 306 g/mol. The van der Waals surface area contributed by atoms with Crippen LogP contribution < -0.4 is 0 Å². The van der Waals surface area contributed by atoms with Crippen LogP contribution in [0.15, 0.2) is 23.8 Å². The van der Waals surface area contributed by atoms with Crippen LogP contribution >= 0.6 is 11.3 Å². The van der Waals surface area contributed by atoms with E-state index in [0.29, 0.717) is 12.0 Å². The molecule has 4 rings (SSSR count). The Balaban J connectivity index is 1.52. The molecule has 1 atom stereocenters. The summed E-state index contributed by atoms with van der Waals surface area (Å²) in [7, 11) is 0. The molecule has 4 nitrogen and oxygen atoms in total. The van der Waals surface area contributed by atoms with Gasteiger partial charge in [-0.3, -0.25) is 4.79 Å². The van der Waals surface area contributed by atoms with Crippen LogP contribution in [-0.2, 0) is 6.42 Å². The molecule has 0 bridgehead atoms. The summed E-state index contributed by atoms with van der Waals surface area (Å²) in [5.41, 5.74) is 1.29. The first kappa shape index (κ1) is 14.9. The van der Waals surface area contributed by atoms with Crippen molar-refractivity contribution in [1.29, 1.82) is 0 Å². The number of nitrogens with zero attached hydrogens (tertiary/aromatic N) is 3. The van der Waals surface area contributed by atoms with E-state index in [2.05, 4.69) is 39.0 Å². The Morgan fingerprint density at radius 2 is 2.26 bits per heavy atom. The van der Waals surface area contributed by atoms with Crippen molar-refractivity contribution in [3.63, 3.8) is 0 Å². The third-order valence-corrected chi connectivity index (χ3v) is 5.97. The molecule has 122 valence electrons. The third kappa shape index (κ3) is 2.82. The minimum absolute atomic E-state index is 0.241. The fraction of sp³-hybridized carbons (Fsp3) is 0.556. The lowest BCUT2D eigenvalue weighted by atomic mass is 10.0. The van der Waals surface area contributed by atoms with E-state index in [4.69, 9.17) is 0 Å². The summed E-state index contributed by atoms with van der Waals surface area (Å²) in [4.78, 5) is 20.5. The van der Waals surface area contributed by atoms with Gasteiger partial charge in [0.15, 0.2) is 0 Å². The highest BCUT2D eigenvalue weighted by Crippen LogP contribution is 2.43. The van der Waals surface area contributed by atoms with Crippen LogP contribution in [-0.4, -0.2) is 33.4 Å². The van der Waals surface area contributed by atoms with Crippen molar-refractivity contribution in [2.75, 3.05) is 13.1 Å². The first-order valence-corrected chi connectivity index (χ1v) is 9.54. The number of hydrogen-bond acceptors (Lipinski definition) is 3. The Kier molecular flexibility index (Phi) is 3.97. The Morgan fingerprint density at radius 3 is 3.04 bits per heavy atom. The Labute approximate surface area is 141 Å². The summed E-state index contributed by atoms with van der Waals surface area (Å²) in [6.07, 6.45) is 9.58. The normalized spacial score (nSPS) is 21.6. The summed E-state index contributed by atoms with van der Waals surface area (Å²) in [6, 6.07) is 2.52. The molecular formula is C18H23N3OS. The van der Waals surface area contributed by atoms with Crippen molar-refractivity contribution in [2.24, 2.45) is 0 Å². The second-order valence-corrected chi connectivity index (χ2v) is 7.55. The quantitative estimate of drug-likeness (QED) is 0.854. The molecule has 1 saturated heterocycles. The maximum Gasteiger partial charge on any atom is 0.264 e. The Bertz CT molecular complexity index is 701. The number of likely N-dealkylation sites (tertiary alicyclic amines) is 1. The summed E-state index contributed by atoms with van der Waals surface area (Å²) >= 11 is 1.62. The summed E-state index contributed by atoms with van der Waals surface area (Å²) in [6.45, 7) is 3.83. The summed E-state index contributed by atoms with van der Waals surface area (Å²) in [5, 5.41) is 2.08. The fourth-order valence-electron chi connectivity index (χ4n) is 3.67. The van der Waals surface area contributed by atoms with Crippen molar-refractivity contribution in [3.05, 3.63) is 40.1 Å². The Hall–Kier alpha value is -1.62. The SMILES string of the molecule is CCc1nccn1C1CCCN(C(=O)c2sccc2C2CC2)C1. The highest BCUT2D eigenvalue weighted by molar-refractivity contribution is 7.12. The second kappa shape index (κ2) is 6.11. The molecule has 1 unspecified atom stereocenters. The molecule has 1 aliphatic carbocycles. The van der Waals surface area contributed by atoms with Gasteiger partial charge in [0.2, 0.25) is 0 Å². The van der Waals surface area contributed by atoms with Crippen LogP contribution in [0.5, 0.6) is 0 Å². The zero-order valence-electron chi connectivity index (χ0n) is 13.6. The summed E-state index contributed by atoms with van der Waals surface area (Å²) < 4.78 is 2.27. The van der Waals surface area contributed by atoms with E-state index < -0.39 is 0 Å². The standard InChI is InChI=1S/C18H23N3OS/c1-2-16-19-8-10-21(16)14-4-3-9-20(12-14)18(22)17-15(7-11-23-17)13-5-6-13/h7-8,10-11,13-14H,2-6,9,12H2,1H3. The number of amides is 1. The predicted molar refractivity (Wildman–Crippen MR) is 92.1 cm³/mol. The largest absolute Gasteiger partial charge is 0.336 e. The second-order valence-electron chi connectivity index (χ2n) is 6.63. The summed E-state index contributed by atoms with van der Waals surface area (Å²) in [5.74, 6) is 2.00. The smallest absolute Gasteiger partial charge is 0.264 e. The van der Waals surface area contributed by atoms with Gasteiger partial charge in [-0.15, -0.1) is 11.3 Å². The maximum absolute atomic E-state index is 13.0. The molecule has 1 amide bonds. The van der Waals surface area contributed by atoms with Crippen LogP contribution in [0.25, 0.3) is 0 Å². The number of carbonyl (C=O) groups excluding carboxylic acids is 1. The Morgan fingerprint density at radius 1 is 1.39 bits per heavy atom. The van der Waals surface area contributed by atoms with Gasteiger partial charge in [-0.2, -0.15) is 0 Å². The monoisotopic (exact) mass is 329 g/mol. The van der Waals surface area contributed by atoms with Crippen molar-refractivity contribution < 1.29 is 4.79 Å². The predicted octanol–water partition coefficient (Wildman–Crippen LogP) is 3.86. The van der Waals surface area contributed by atoms with Gasteiger partial charge in [0.1, 0.15) is 5.82 Å². The lowest BCUT2D eigenvalue weighted by Gasteiger charge is -2.34. The van der Waals surface area contributed by atoms with Crippen molar-refractivity contribution >= 4 is 17.2 Å². The number of aryl methyl sites for hydroxylation is 1. The molecule has 23 heavy (non-hydrogen) atoms. The number of imidazole rings is 1. The van der Waals surface area contributed by atoms with Crippen molar-refractivity contribution in [1.82, 2.24) is 14.5 Å². The first-order valence-electron chi connectivity index (χ1n) is 8.66. The van der Waals surface area contributed by atoms with Gasteiger partial charge >= 0.3 is 0 Å². The molecule has 0 spiro atoms. The van der Waals surface area contributed by atoms with Crippen LogP contribution in [0.1, 0.15) is 65.6 Å². The minimum atomic E-state index is 0.241. The van der Waals surface area contributed by atoms with Gasteiger partial charge in [-0.1, -0.05) is 6.92 Å². The van der Waals surface area contributed by atoms with Gasteiger partial charge in [0.25, 0.3) is 5.91 Å². The van der Waals surface area contributed by atoms with E-state index in [1.807, 2.05) is 6.20 Å². The maximum atomic E-state index is 13.0. The average molecular weight is 329 g/mol. The lowest BCUT2D eigenvalue weighted by Crippen LogP contribution is -2.40. The molecule has 2 aromatic rings. The zero-order valence-corrected chi connectivity index (χ0v) is 14.4. The fourth-order valence-corrected chi connectivity index (χ4v) is 4.62. The number of aromatic nitrogens is 2. The number of carbonyl (C=O) groups is 1. The average Bonchev–Trinajstić information content (AvgIpc) is 3.14. The third-order valence-electron chi connectivity index (χ3n) is 5.05. The first-order chi connectivity index (χ1) is 11.3. The molecule has 1 aliphatic heterocycles. The van der Waals surface area contributed by atoms with E-state index in [9.17, 15) is 4.79 Å². The van der Waals surface area contributed by atoms with Crippen LogP contribution in [0, 0.1) is 0 Å². The molecule has 1 saturated carbocycles. The van der Waals surface area contributed by atoms with Gasteiger partial charge in [-0.25, -0.2) is 4.98 Å². The topological polar surface area (TPSA) is 38.1 Å². The molecule has 2 aliphatic rings. The number of rotatable bonds is 4. The van der Waals surface area contributed by atoms with Crippen LogP contribution in [0.2, 0.25) is 0 Å². The zero-order chi connectivity index (χ0) is 15.8. The number of thiophene rings is 1. The van der Waals surface area contributed by atoms with E-state index >= 15 is 0 Å². The van der Waals surface area contributed by atoms with Gasteiger partial charge in [0, 0.05) is 31.9 Å². The van der Waals surface area contributed by atoms with Crippen LogP contribution in [0.4, 0.5) is 0 Å². The van der Waals surface area contributed by atoms with E-state index in [1.165, 1.54) is 18.4 Å². The molecule has 5 heteroatoms. The molecule has 0 radical (unpaired) electrons. The van der Waals surface area contributed by atoms with Gasteiger partial charge in [-0.05, 0) is 48.6 Å². The lowest BCUT2D eigenvalue weighted by molar-refractivity contribution is 0.0682. The molecule has 2 fully saturated rings. The molecule has 3 heterocycles. The van der Waals surface area contributed by atoms with Crippen LogP contribution in [0.3, 0.4) is 0 Å². The van der Waals surface area contributed by atoms with E-state index in [1.54, 1.807) is 11.3 Å².